The van der Waals surface area contributed by atoms with Crippen molar-refractivity contribution in [3.63, 3.8) is 0 Å². The second-order valence-corrected chi connectivity index (χ2v) is 5.85. The maximum atomic E-state index is 11.5. The molecular formula is C10H10O2S3. The lowest BCUT2D eigenvalue weighted by Crippen LogP contribution is -2.01. The molecule has 0 radical (unpaired) electrons. The fourth-order valence-electron chi connectivity index (χ4n) is 1.27. The van der Waals surface area contributed by atoms with Crippen LogP contribution in [-0.2, 0) is 4.74 Å². The minimum atomic E-state index is -0.212. The highest BCUT2D eigenvalue weighted by molar-refractivity contribution is 8.00. The SMILES string of the molecule is CCOC(=O)c1cc2csc(SC)c2s1. The third kappa shape index (κ3) is 2.04. The van der Waals surface area contributed by atoms with E-state index in [1.807, 2.05) is 13.0 Å². The van der Waals surface area contributed by atoms with E-state index in [9.17, 15) is 4.79 Å². The summed E-state index contributed by atoms with van der Waals surface area (Å²) in [4.78, 5) is 12.2. The Morgan fingerprint density at radius 2 is 2.40 bits per heavy atom. The van der Waals surface area contributed by atoms with Gasteiger partial charge in [-0.15, -0.1) is 34.4 Å². The molecule has 0 fully saturated rings. The van der Waals surface area contributed by atoms with Gasteiger partial charge in [0, 0.05) is 10.8 Å². The van der Waals surface area contributed by atoms with E-state index in [0.29, 0.717) is 11.5 Å². The minimum absolute atomic E-state index is 0.212. The molecule has 0 bridgehead atoms. The monoisotopic (exact) mass is 258 g/mol. The number of thioether (sulfide) groups is 1. The van der Waals surface area contributed by atoms with Crippen molar-refractivity contribution in [2.24, 2.45) is 0 Å². The van der Waals surface area contributed by atoms with E-state index in [4.69, 9.17) is 4.74 Å². The molecule has 0 atom stereocenters. The predicted octanol–water partition coefficient (Wildman–Crippen LogP) is 3.86. The second kappa shape index (κ2) is 4.55. The van der Waals surface area contributed by atoms with Gasteiger partial charge in [0.15, 0.2) is 0 Å². The van der Waals surface area contributed by atoms with Gasteiger partial charge in [0.05, 0.1) is 15.5 Å². The van der Waals surface area contributed by atoms with Crippen molar-refractivity contribution in [1.82, 2.24) is 0 Å². The Kier molecular flexibility index (Phi) is 3.33. The summed E-state index contributed by atoms with van der Waals surface area (Å²) in [7, 11) is 0. The van der Waals surface area contributed by atoms with Crippen LogP contribution in [0.15, 0.2) is 15.7 Å². The van der Waals surface area contributed by atoms with E-state index in [1.165, 1.54) is 20.2 Å². The van der Waals surface area contributed by atoms with Gasteiger partial charge in [0.1, 0.15) is 4.88 Å². The molecule has 0 amide bonds. The number of esters is 1. The van der Waals surface area contributed by atoms with Crippen LogP contribution < -0.4 is 0 Å². The third-order valence-electron chi connectivity index (χ3n) is 1.90. The first-order valence-electron chi connectivity index (χ1n) is 4.48. The topological polar surface area (TPSA) is 26.3 Å². The maximum Gasteiger partial charge on any atom is 0.348 e. The van der Waals surface area contributed by atoms with Crippen LogP contribution in [0.1, 0.15) is 16.6 Å². The van der Waals surface area contributed by atoms with Crippen LogP contribution in [0.2, 0.25) is 0 Å². The molecule has 0 aliphatic carbocycles. The number of carbonyl (C=O) groups is 1. The summed E-state index contributed by atoms with van der Waals surface area (Å²) in [6.45, 7) is 2.25. The summed E-state index contributed by atoms with van der Waals surface area (Å²) in [5, 5.41) is 3.23. The molecule has 0 unspecified atom stereocenters. The average Bonchev–Trinajstić information content (AvgIpc) is 2.76. The molecule has 0 saturated heterocycles. The molecular weight excluding hydrogens is 248 g/mol. The fraction of sp³-hybridized carbons (Fsp3) is 0.300. The van der Waals surface area contributed by atoms with Gasteiger partial charge in [0.25, 0.3) is 0 Å². The van der Waals surface area contributed by atoms with Crippen LogP contribution in [0.3, 0.4) is 0 Å². The Morgan fingerprint density at radius 1 is 1.60 bits per heavy atom. The van der Waals surface area contributed by atoms with Crippen molar-refractivity contribution in [2.75, 3.05) is 12.9 Å². The Hall–Kier alpha value is -0.520. The minimum Gasteiger partial charge on any atom is -0.462 e. The zero-order valence-electron chi connectivity index (χ0n) is 8.40. The van der Waals surface area contributed by atoms with Crippen molar-refractivity contribution in [3.8, 4) is 0 Å². The molecule has 2 heterocycles. The molecule has 2 rings (SSSR count). The molecule has 0 aliphatic rings. The molecule has 0 N–H and O–H groups in total. The zero-order valence-corrected chi connectivity index (χ0v) is 10.9. The van der Waals surface area contributed by atoms with Gasteiger partial charge in [-0.3, -0.25) is 0 Å². The summed E-state index contributed by atoms with van der Waals surface area (Å²) in [5.74, 6) is -0.212. The van der Waals surface area contributed by atoms with Crippen LogP contribution in [0.25, 0.3) is 10.1 Å². The first-order chi connectivity index (χ1) is 7.26. The van der Waals surface area contributed by atoms with Gasteiger partial charge in [-0.05, 0) is 19.2 Å². The Bertz CT molecular complexity index is 484. The van der Waals surface area contributed by atoms with Gasteiger partial charge in [-0.2, -0.15) is 0 Å². The van der Waals surface area contributed by atoms with Crippen molar-refractivity contribution in [1.29, 1.82) is 0 Å². The first-order valence-corrected chi connectivity index (χ1v) is 7.40. The Labute approximate surface area is 100 Å². The van der Waals surface area contributed by atoms with E-state index in [0.717, 1.165) is 5.39 Å². The molecule has 2 aromatic rings. The van der Waals surface area contributed by atoms with Crippen LogP contribution in [0.4, 0.5) is 0 Å². The largest absolute Gasteiger partial charge is 0.462 e. The van der Waals surface area contributed by atoms with Crippen molar-refractivity contribution in [3.05, 3.63) is 16.3 Å². The van der Waals surface area contributed by atoms with Crippen LogP contribution in [-0.4, -0.2) is 18.8 Å². The van der Waals surface area contributed by atoms with Gasteiger partial charge in [-0.1, -0.05) is 0 Å². The fourth-order valence-corrected chi connectivity index (χ4v) is 4.33. The maximum absolute atomic E-state index is 11.5. The molecule has 2 nitrogen and oxygen atoms in total. The van der Waals surface area contributed by atoms with Crippen molar-refractivity contribution < 1.29 is 9.53 Å². The zero-order chi connectivity index (χ0) is 10.8. The highest BCUT2D eigenvalue weighted by Crippen LogP contribution is 2.38. The number of hydrogen-bond acceptors (Lipinski definition) is 5. The van der Waals surface area contributed by atoms with E-state index < -0.39 is 0 Å². The first kappa shape index (κ1) is 11.0. The smallest absolute Gasteiger partial charge is 0.348 e. The molecule has 0 aliphatic heterocycles. The molecule has 5 heteroatoms. The van der Waals surface area contributed by atoms with Crippen LogP contribution in [0.5, 0.6) is 0 Å². The lowest BCUT2D eigenvalue weighted by atomic mass is 10.4. The second-order valence-electron chi connectivity index (χ2n) is 2.84. The van der Waals surface area contributed by atoms with Crippen molar-refractivity contribution in [2.45, 2.75) is 11.1 Å². The van der Waals surface area contributed by atoms with E-state index in [-0.39, 0.29) is 5.97 Å². The summed E-state index contributed by atoms with van der Waals surface area (Å²) in [5.41, 5.74) is 0. The molecule has 0 saturated carbocycles. The summed E-state index contributed by atoms with van der Waals surface area (Å²) < 4.78 is 7.44. The third-order valence-corrected chi connectivity index (χ3v) is 5.46. The molecule has 0 spiro atoms. The number of fused-ring (bicyclic) bond motifs is 1. The van der Waals surface area contributed by atoms with Crippen LogP contribution >= 0.6 is 34.4 Å². The quantitative estimate of drug-likeness (QED) is 0.617. The lowest BCUT2D eigenvalue weighted by molar-refractivity contribution is 0.0532. The molecule has 15 heavy (non-hydrogen) atoms. The number of ether oxygens (including phenoxy) is 1. The molecule has 80 valence electrons. The molecule has 0 aromatic carbocycles. The number of carbonyl (C=O) groups excluding carboxylic acids is 1. The number of thiophene rings is 2. The number of rotatable bonds is 3. The summed E-state index contributed by atoms with van der Waals surface area (Å²) in [6.07, 6.45) is 2.05. The Morgan fingerprint density at radius 3 is 3.07 bits per heavy atom. The van der Waals surface area contributed by atoms with E-state index in [2.05, 4.69) is 11.6 Å². The number of hydrogen-bond donors (Lipinski definition) is 0. The van der Waals surface area contributed by atoms with Gasteiger partial charge in [0.2, 0.25) is 0 Å². The van der Waals surface area contributed by atoms with Gasteiger partial charge in [-0.25, -0.2) is 4.79 Å². The van der Waals surface area contributed by atoms with Crippen molar-refractivity contribution >= 4 is 50.5 Å². The highest BCUT2D eigenvalue weighted by atomic mass is 32.2. The van der Waals surface area contributed by atoms with Gasteiger partial charge >= 0.3 is 5.97 Å². The normalized spacial score (nSPS) is 10.8. The molecule has 2 aromatic heterocycles. The van der Waals surface area contributed by atoms with E-state index >= 15 is 0 Å². The summed E-state index contributed by atoms with van der Waals surface area (Å²) >= 11 is 4.96. The lowest BCUT2D eigenvalue weighted by Gasteiger charge is -1.96. The van der Waals surface area contributed by atoms with Crippen LogP contribution in [0, 0.1) is 0 Å². The standard InChI is InChI=1S/C10H10O2S3/c1-3-12-9(11)7-4-6-5-14-10(13-2)8(6)15-7/h4-5H,3H2,1-2H3. The Balaban J connectivity index is 2.38. The average molecular weight is 258 g/mol. The highest BCUT2D eigenvalue weighted by Gasteiger charge is 2.14. The summed E-state index contributed by atoms with van der Waals surface area (Å²) in [6, 6.07) is 1.91. The van der Waals surface area contributed by atoms with E-state index in [1.54, 1.807) is 23.1 Å². The van der Waals surface area contributed by atoms with Gasteiger partial charge < -0.3 is 4.74 Å². The predicted molar refractivity (Wildman–Crippen MR) is 67.4 cm³/mol.